The highest BCUT2D eigenvalue weighted by atomic mass is 14.7. The molecule has 1 aliphatic carbocycles. The Morgan fingerprint density at radius 2 is 1.43 bits per heavy atom. The van der Waals surface area contributed by atoms with Crippen LogP contribution >= 0.6 is 0 Å². The van der Waals surface area contributed by atoms with E-state index in [1.165, 1.54) is 49.5 Å². The zero-order chi connectivity index (χ0) is 20.5. The van der Waals surface area contributed by atoms with Crippen molar-refractivity contribution in [1.82, 2.24) is 4.98 Å². The molecule has 0 amide bonds. The Kier molecular flexibility index (Phi) is 3.50. The summed E-state index contributed by atoms with van der Waals surface area (Å²) in [6.45, 7) is 6.86. The lowest BCUT2D eigenvalue weighted by Crippen LogP contribution is -2.15. The highest BCUT2D eigenvalue weighted by Gasteiger charge is 2.35. The Balaban J connectivity index is 1.56. The minimum absolute atomic E-state index is 0.00142. The molecule has 0 unspecified atom stereocenters. The van der Waals surface area contributed by atoms with Gasteiger partial charge in [0.05, 0.1) is 11.2 Å². The number of nitrogens with zero attached hydrogens (tertiary/aromatic N) is 1. The van der Waals surface area contributed by atoms with Crippen LogP contribution in [0.1, 0.15) is 30.5 Å². The first-order valence-corrected chi connectivity index (χ1v) is 10.6. The maximum Gasteiger partial charge on any atom is 0.0715 e. The lowest BCUT2D eigenvalue weighted by Gasteiger charge is -2.22. The maximum atomic E-state index is 5.08. The van der Waals surface area contributed by atoms with Crippen LogP contribution in [0.15, 0.2) is 84.9 Å². The van der Waals surface area contributed by atoms with Gasteiger partial charge in [0.25, 0.3) is 0 Å². The summed E-state index contributed by atoms with van der Waals surface area (Å²) >= 11 is 0. The van der Waals surface area contributed by atoms with E-state index in [0.717, 1.165) is 11.2 Å². The summed E-state index contributed by atoms with van der Waals surface area (Å²) in [4.78, 5) is 5.08. The van der Waals surface area contributed by atoms with Gasteiger partial charge in [-0.3, -0.25) is 0 Å². The molecule has 6 rings (SSSR count). The summed E-state index contributed by atoms with van der Waals surface area (Å²) < 4.78 is 0. The first-order valence-electron chi connectivity index (χ1n) is 10.6. The van der Waals surface area contributed by atoms with Gasteiger partial charge >= 0.3 is 0 Å². The normalized spacial score (nSPS) is 14.1. The lowest BCUT2D eigenvalue weighted by atomic mass is 9.81. The molecule has 0 fully saturated rings. The van der Waals surface area contributed by atoms with Gasteiger partial charge in [-0.1, -0.05) is 80.6 Å². The molecule has 1 aliphatic rings. The van der Waals surface area contributed by atoms with Crippen molar-refractivity contribution in [2.45, 2.75) is 26.2 Å². The van der Waals surface area contributed by atoms with Crippen molar-refractivity contribution in [2.75, 3.05) is 0 Å². The van der Waals surface area contributed by atoms with Crippen molar-refractivity contribution in [3.05, 3.63) is 102 Å². The molecular weight excluding hydrogens is 362 g/mol. The van der Waals surface area contributed by atoms with Crippen LogP contribution in [0.2, 0.25) is 0 Å². The van der Waals surface area contributed by atoms with Crippen molar-refractivity contribution >= 4 is 21.7 Å². The second-order valence-electron chi connectivity index (χ2n) is 8.93. The van der Waals surface area contributed by atoms with Gasteiger partial charge in [0.1, 0.15) is 0 Å². The van der Waals surface area contributed by atoms with E-state index in [0.29, 0.717) is 0 Å². The van der Waals surface area contributed by atoms with Crippen LogP contribution in [-0.2, 0) is 5.41 Å². The van der Waals surface area contributed by atoms with Gasteiger partial charge in [-0.05, 0) is 63.7 Å². The molecule has 5 aromatic rings. The molecule has 0 saturated heterocycles. The van der Waals surface area contributed by atoms with Crippen LogP contribution < -0.4 is 0 Å². The predicted molar refractivity (Wildman–Crippen MR) is 127 cm³/mol. The number of aromatic nitrogens is 1. The van der Waals surface area contributed by atoms with Crippen molar-refractivity contribution in [3.63, 3.8) is 0 Å². The van der Waals surface area contributed by atoms with Crippen LogP contribution in [0.5, 0.6) is 0 Å². The topological polar surface area (TPSA) is 12.9 Å². The fraction of sp³-hybridized carbons (Fsp3) is 0.138. The van der Waals surface area contributed by atoms with E-state index < -0.39 is 0 Å². The Morgan fingerprint density at radius 3 is 2.33 bits per heavy atom. The minimum Gasteiger partial charge on any atom is -0.248 e. The fourth-order valence-electron chi connectivity index (χ4n) is 5.17. The van der Waals surface area contributed by atoms with E-state index in [1.807, 2.05) is 0 Å². The molecule has 1 heterocycles. The van der Waals surface area contributed by atoms with Crippen LogP contribution in [-0.4, -0.2) is 4.98 Å². The van der Waals surface area contributed by atoms with Crippen LogP contribution in [0, 0.1) is 6.92 Å². The number of rotatable bonds is 1. The first-order chi connectivity index (χ1) is 14.5. The monoisotopic (exact) mass is 385 g/mol. The Bertz CT molecular complexity index is 1470. The molecule has 30 heavy (non-hydrogen) atoms. The average Bonchev–Trinajstić information content (AvgIpc) is 2.99. The van der Waals surface area contributed by atoms with Gasteiger partial charge in [-0.15, -0.1) is 0 Å². The average molecular weight is 386 g/mol. The SMILES string of the molecule is Cc1cc2c(cc1-c1ccc3c(ccc4ccccc43)n1)C(C)(C)c1ccccc1-2. The van der Waals surface area contributed by atoms with E-state index in [9.17, 15) is 0 Å². The zero-order valence-electron chi connectivity index (χ0n) is 17.5. The first kappa shape index (κ1) is 17.4. The maximum absolute atomic E-state index is 5.08. The minimum atomic E-state index is 0.00142. The van der Waals surface area contributed by atoms with E-state index in [4.69, 9.17) is 4.98 Å². The van der Waals surface area contributed by atoms with Crippen LogP contribution in [0.3, 0.4) is 0 Å². The zero-order valence-corrected chi connectivity index (χ0v) is 17.5. The third-order valence-electron chi connectivity index (χ3n) is 6.80. The Morgan fingerprint density at radius 1 is 0.633 bits per heavy atom. The van der Waals surface area contributed by atoms with E-state index in [-0.39, 0.29) is 5.41 Å². The molecule has 0 atom stereocenters. The quantitative estimate of drug-likeness (QED) is 0.270. The molecule has 1 heteroatoms. The van der Waals surface area contributed by atoms with Gasteiger partial charge < -0.3 is 0 Å². The van der Waals surface area contributed by atoms with E-state index in [2.05, 4.69) is 106 Å². The summed E-state index contributed by atoms with van der Waals surface area (Å²) in [5.41, 5.74) is 10.1. The highest BCUT2D eigenvalue weighted by molar-refractivity contribution is 6.06. The van der Waals surface area contributed by atoms with Gasteiger partial charge in [0.15, 0.2) is 0 Å². The van der Waals surface area contributed by atoms with Crippen molar-refractivity contribution in [2.24, 2.45) is 0 Å². The van der Waals surface area contributed by atoms with Crippen molar-refractivity contribution < 1.29 is 0 Å². The molecule has 4 aromatic carbocycles. The highest BCUT2D eigenvalue weighted by Crippen LogP contribution is 2.50. The number of pyridine rings is 1. The Labute approximate surface area is 177 Å². The summed E-state index contributed by atoms with van der Waals surface area (Å²) in [7, 11) is 0. The number of fused-ring (bicyclic) bond motifs is 6. The second-order valence-corrected chi connectivity index (χ2v) is 8.93. The van der Waals surface area contributed by atoms with Gasteiger partial charge in [0, 0.05) is 16.4 Å². The molecule has 1 nitrogen and oxygen atoms in total. The summed E-state index contributed by atoms with van der Waals surface area (Å²) in [6.07, 6.45) is 0. The molecule has 144 valence electrons. The molecular formula is C29H23N. The van der Waals surface area contributed by atoms with Crippen molar-refractivity contribution in [3.8, 4) is 22.4 Å². The molecule has 0 saturated carbocycles. The van der Waals surface area contributed by atoms with Gasteiger partial charge in [-0.2, -0.15) is 0 Å². The summed E-state index contributed by atoms with van der Waals surface area (Å²) in [5.74, 6) is 0. The molecule has 0 bridgehead atoms. The molecule has 0 aliphatic heterocycles. The van der Waals surface area contributed by atoms with Crippen LogP contribution in [0.4, 0.5) is 0 Å². The number of benzene rings is 4. The van der Waals surface area contributed by atoms with E-state index >= 15 is 0 Å². The summed E-state index contributed by atoms with van der Waals surface area (Å²) in [5, 5.41) is 3.73. The summed E-state index contributed by atoms with van der Waals surface area (Å²) in [6, 6.07) is 30.8. The smallest absolute Gasteiger partial charge is 0.0715 e. The number of hydrogen-bond donors (Lipinski definition) is 0. The van der Waals surface area contributed by atoms with Gasteiger partial charge in [0.2, 0.25) is 0 Å². The second kappa shape index (κ2) is 6.03. The number of aryl methyl sites for hydroxylation is 1. The molecule has 1 aromatic heterocycles. The Hall–Kier alpha value is -3.45. The standard InChI is InChI=1S/C29H23N/c1-18-16-24-21-10-6-7-11-25(21)29(2,3)26(24)17-23(18)28-15-13-22-20-9-5-4-8-19(20)12-14-27(22)30-28/h4-17H,1-3H3. The molecule has 0 spiro atoms. The van der Waals surface area contributed by atoms with Gasteiger partial charge in [-0.25, -0.2) is 4.98 Å². The largest absolute Gasteiger partial charge is 0.248 e. The van der Waals surface area contributed by atoms with Crippen LogP contribution in [0.25, 0.3) is 44.1 Å². The third kappa shape index (κ3) is 2.32. The molecule has 0 N–H and O–H groups in total. The molecule has 0 radical (unpaired) electrons. The third-order valence-corrected chi connectivity index (χ3v) is 6.80. The fourth-order valence-corrected chi connectivity index (χ4v) is 5.17. The van der Waals surface area contributed by atoms with E-state index in [1.54, 1.807) is 0 Å². The number of hydrogen-bond acceptors (Lipinski definition) is 1. The lowest BCUT2D eigenvalue weighted by molar-refractivity contribution is 0.660. The predicted octanol–water partition coefficient (Wildman–Crippen LogP) is 7.67. The van der Waals surface area contributed by atoms with Crippen molar-refractivity contribution in [1.29, 1.82) is 0 Å².